The average Bonchev–Trinajstić information content (AvgIpc) is 2.77. The zero-order valence-electron chi connectivity index (χ0n) is 16.8. The van der Waals surface area contributed by atoms with Gasteiger partial charge in [0.2, 0.25) is 0 Å². The van der Waals surface area contributed by atoms with Gasteiger partial charge in [-0.25, -0.2) is 13.6 Å². The Morgan fingerprint density at radius 2 is 1.61 bits per heavy atom. The van der Waals surface area contributed by atoms with Gasteiger partial charge in [-0.05, 0) is 48.0 Å². The summed E-state index contributed by atoms with van der Waals surface area (Å²) in [5.74, 6) is -0.0240. The molecule has 5 nitrogen and oxygen atoms in total. The largest absolute Gasteiger partial charge is 0.493 e. The van der Waals surface area contributed by atoms with Gasteiger partial charge in [0, 0.05) is 11.5 Å². The number of methoxy groups -OCH3 is 2. The maximum atomic E-state index is 13.8. The van der Waals surface area contributed by atoms with Crippen LogP contribution < -0.4 is 19.8 Å². The minimum Gasteiger partial charge on any atom is -0.493 e. The molecule has 0 atom stereocenters. The van der Waals surface area contributed by atoms with Gasteiger partial charge in [0.15, 0.2) is 11.5 Å². The molecule has 4 rings (SSSR count). The molecule has 0 spiro atoms. The highest BCUT2D eigenvalue weighted by atomic mass is 19.1. The molecule has 0 amide bonds. The average molecular weight is 424 g/mol. The zero-order valence-corrected chi connectivity index (χ0v) is 16.8. The summed E-state index contributed by atoms with van der Waals surface area (Å²) in [5.41, 5.74) is 0.546. The molecule has 3 aromatic carbocycles. The van der Waals surface area contributed by atoms with Crippen molar-refractivity contribution in [3.8, 4) is 28.4 Å². The van der Waals surface area contributed by atoms with Crippen LogP contribution in [0.1, 0.15) is 5.56 Å². The molecule has 0 N–H and O–H groups in total. The van der Waals surface area contributed by atoms with Crippen LogP contribution in [0.4, 0.5) is 8.78 Å². The van der Waals surface area contributed by atoms with Crippen molar-refractivity contribution in [2.45, 2.75) is 6.61 Å². The molecule has 4 aromatic rings. The molecule has 158 valence electrons. The summed E-state index contributed by atoms with van der Waals surface area (Å²) >= 11 is 0. The Hall–Kier alpha value is -3.87. The van der Waals surface area contributed by atoms with Crippen molar-refractivity contribution in [1.82, 2.24) is 0 Å². The molecule has 0 aliphatic heterocycles. The summed E-state index contributed by atoms with van der Waals surface area (Å²) in [6.07, 6.45) is 0. The van der Waals surface area contributed by atoms with Crippen LogP contribution in [0.15, 0.2) is 69.9 Å². The van der Waals surface area contributed by atoms with E-state index < -0.39 is 17.3 Å². The minimum atomic E-state index is -0.688. The number of benzene rings is 3. The van der Waals surface area contributed by atoms with E-state index in [4.69, 9.17) is 18.6 Å². The first-order valence-electron chi connectivity index (χ1n) is 9.36. The van der Waals surface area contributed by atoms with Crippen molar-refractivity contribution in [1.29, 1.82) is 0 Å². The maximum Gasteiger partial charge on any atom is 0.344 e. The number of hydrogen-bond donors (Lipinski definition) is 0. The second-order valence-corrected chi connectivity index (χ2v) is 6.71. The van der Waals surface area contributed by atoms with Crippen LogP contribution in [0.2, 0.25) is 0 Å². The molecular formula is C24H18F2O5. The molecule has 7 heteroatoms. The van der Waals surface area contributed by atoms with Crippen LogP contribution in [0, 0.1) is 11.6 Å². The minimum absolute atomic E-state index is 0.173. The van der Waals surface area contributed by atoms with Crippen LogP contribution in [-0.2, 0) is 6.61 Å². The topological polar surface area (TPSA) is 57.9 Å². The van der Waals surface area contributed by atoms with Gasteiger partial charge < -0.3 is 18.6 Å². The Morgan fingerprint density at radius 3 is 2.32 bits per heavy atom. The third-order valence-corrected chi connectivity index (χ3v) is 4.85. The first kappa shape index (κ1) is 20.4. The van der Waals surface area contributed by atoms with Crippen LogP contribution >= 0.6 is 0 Å². The van der Waals surface area contributed by atoms with E-state index in [2.05, 4.69) is 0 Å². The summed E-state index contributed by atoms with van der Waals surface area (Å²) in [6, 6.07) is 15.3. The summed E-state index contributed by atoms with van der Waals surface area (Å²) in [6.45, 7) is -0.294. The normalized spacial score (nSPS) is 10.8. The summed E-state index contributed by atoms with van der Waals surface area (Å²) in [4.78, 5) is 12.6. The molecule has 0 fully saturated rings. The second kappa shape index (κ2) is 8.47. The third-order valence-electron chi connectivity index (χ3n) is 4.85. The number of ether oxygens (including phenoxy) is 3. The molecule has 0 unspecified atom stereocenters. The molecule has 0 saturated heterocycles. The summed E-state index contributed by atoms with van der Waals surface area (Å²) in [7, 11) is 3.04. The molecule has 0 saturated carbocycles. The molecule has 0 bridgehead atoms. The van der Waals surface area contributed by atoms with Crippen molar-refractivity contribution >= 4 is 11.0 Å². The van der Waals surface area contributed by atoms with Gasteiger partial charge in [-0.2, -0.15) is 0 Å². The van der Waals surface area contributed by atoms with Gasteiger partial charge >= 0.3 is 5.63 Å². The van der Waals surface area contributed by atoms with Crippen molar-refractivity contribution < 1.29 is 27.4 Å². The van der Waals surface area contributed by atoms with E-state index in [1.807, 2.05) is 0 Å². The lowest BCUT2D eigenvalue weighted by Crippen LogP contribution is -2.04. The zero-order chi connectivity index (χ0) is 22.0. The number of rotatable bonds is 6. The lowest BCUT2D eigenvalue weighted by molar-refractivity contribution is 0.292. The molecular weight excluding hydrogens is 406 g/mol. The standard InChI is InChI=1S/C24H18F2O5/c1-28-21-9-7-14(11-23(21)29-2)17-10-15-6-8-16(12-22(15)31-24(17)27)30-13-18-19(25)4-3-5-20(18)26/h3-12H,13H2,1-2H3. The fourth-order valence-corrected chi connectivity index (χ4v) is 3.21. The van der Waals surface area contributed by atoms with E-state index >= 15 is 0 Å². The van der Waals surface area contributed by atoms with Gasteiger partial charge in [-0.1, -0.05) is 12.1 Å². The van der Waals surface area contributed by atoms with Crippen LogP contribution in [0.5, 0.6) is 17.2 Å². The van der Waals surface area contributed by atoms with Gasteiger partial charge in [0.25, 0.3) is 0 Å². The molecule has 0 radical (unpaired) electrons. The number of fused-ring (bicyclic) bond motifs is 1. The van der Waals surface area contributed by atoms with Gasteiger partial charge in [-0.3, -0.25) is 0 Å². The fraction of sp³-hybridized carbons (Fsp3) is 0.125. The van der Waals surface area contributed by atoms with Crippen LogP contribution in [0.25, 0.3) is 22.1 Å². The van der Waals surface area contributed by atoms with Crippen molar-refractivity contribution in [3.05, 3.63) is 88.3 Å². The first-order valence-corrected chi connectivity index (χ1v) is 9.36. The Kier molecular flexibility index (Phi) is 5.58. The fourth-order valence-electron chi connectivity index (χ4n) is 3.21. The van der Waals surface area contributed by atoms with Gasteiger partial charge in [-0.15, -0.1) is 0 Å². The van der Waals surface area contributed by atoms with E-state index in [9.17, 15) is 13.6 Å². The first-order chi connectivity index (χ1) is 15.0. The summed E-state index contributed by atoms with van der Waals surface area (Å²) < 4.78 is 49.0. The van der Waals surface area contributed by atoms with Crippen molar-refractivity contribution in [2.75, 3.05) is 14.2 Å². The van der Waals surface area contributed by atoms with E-state index in [1.165, 1.54) is 26.4 Å². The molecule has 0 aliphatic carbocycles. The molecule has 0 aliphatic rings. The van der Waals surface area contributed by atoms with E-state index in [1.54, 1.807) is 36.4 Å². The summed E-state index contributed by atoms with van der Waals surface area (Å²) in [5, 5.41) is 0.661. The van der Waals surface area contributed by atoms with Crippen LogP contribution in [0.3, 0.4) is 0 Å². The lowest BCUT2D eigenvalue weighted by Gasteiger charge is -2.10. The van der Waals surface area contributed by atoms with Gasteiger partial charge in [0.1, 0.15) is 29.6 Å². The number of hydrogen-bond acceptors (Lipinski definition) is 5. The smallest absolute Gasteiger partial charge is 0.344 e. The lowest BCUT2D eigenvalue weighted by atomic mass is 10.1. The highest BCUT2D eigenvalue weighted by Gasteiger charge is 2.13. The highest BCUT2D eigenvalue weighted by molar-refractivity contribution is 5.83. The SMILES string of the molecule is COc1ccc(-c2cc3ccc(OCc4c(F)cccc4F)cc3oc2=O)cc1OC. The predicted octanol–water partition coefficient (Wildman–Crippen LogP) is 5.33. The maximum absolute atomic E-state index is 13.8. The Bertz CT molecular complexity index is 1290. The molecule has 1 heterocycles. The van der Waals surface area contributed by atoms with E-state index in [0.29, 0.717) is 39.3 Å². The molecule has 1 aromatic heterocycles. The van der Waals surface area contributed by atoms with Crippen LogP contribution in [-0.4, -0.2) is 14.2 Å². The highest BCUT2D eigenvalue weighted by Crippen LogP contribution is 2.32. The number of halogens is 2. The van der Waals surface area contributed by atoms with E-state index in [-0.39, 0.29) is 12.2 Å². The Balaban J connectivity index is 1.65. The van der Waals surface area contributed by atoms with Crippen molar-refractivity contribution in [3.63, 3.8) is 0 Å². The Morgan fingerprint density at radius 1 is 0.871 bits per heavy atom. The van der Waals surface area contributed by atoms with Crippen molar-refractivity contribution in [2.24, 2.45) is 0 Å². The predicted molar refractivity (Wildman–Crippen MR) is 112 cm³/mol. The van der Waals surface area contributed by atoms with E-state index in [0.717, 1.165) is 12.1 Å². The Labute approximate surface area is 176 Å². The second-order valence-electron chi connectivity index (χ2n) is 6.71. The van der Waals surface area contributed by atoms with Gasteiger partial charge in [0.05, 0.1) is 25.3 Å². The molecule has 31 heavy (non-hydrogen) atoms. The quantitative estimate of drug-likeness (QED) is 0.392. The monoisotopic (exact) mass is 424 g/mol. The third kappa shape index (κ3) is 4.07.